The summed E-state index contributed by atoms with van der Waals surface area (Å²) in [5, 5.41) is 2.90. The van der Waals surface area contributed by atoms with E-state index < -0.39 is 5.41 Å². The molecule has 1 unspecified atom stereocenters. The molecule has 22 heavy (non-hydrogen) atoms. The fourth-order valence-corrected chi connectivity index (χ4v) is 2.61. The zero-order chi connectivity index (χ0) is 16.5. The van der Waals surface area contributed by atoms with E-state index in [1.54, 1.807) is 19.9 Å². The molecular formula is C17H21ClN2O2. The molecule has 0 fully saturated rings. The Balaban J connectivity index is 2.32. The molecule has 0 saturated heterocycles. The minimum atomic E-state index is -0.696. The Labute approximate surface area is 136 Å². The van der Waals surface area contributed by atoms with Gasteiger partial charge in [0.05, 0.1) is 11.1 Å². The van der Waals surface area contributed by atoms with Crippen LogP contribution in [-0.4, -0.2) is 23.4 Å². The summed E-state index contributed by atoms with van der Waals surface area (Å²) in [5.74, 6) is -0.0577. The van der Waals surface area contributed by atoms with Gasteiger partial charge in [0.25, 0.3) is 11.8 Å². The number of fused-ring (bicyclic) bond motifs is 1. The van der Waals surface area contributed by atoms with Crippen LogP contribution in [-0.2, 0) is 9.59 Å². The first-order valence-electron chi connectivity index (χ1n) is 7.40. The summed E-state index contributed by atoms with van der Waals surface area (Å²) in [6.07, 6.45) is 6.27. The molecule has 0 saturated carbocycles. The van der Waals surface area contributed by atoms with Crippen LogP contribution in [0.25, 0.3) is 0 Å². The maximum absolute atomic E-state index is 12.1. The lowest BCUT2D eigenvalue weighted by Gasteiger charge is -2.29. The Kier molecular flexibility index (Phi) is 4.71. The van der Waals surface area contributed by atoms with E-state index in [1.807, 2.05) is 26.0 Å². The molecule has 1 aliphatic heterocycles. The van der Waals surface area contributed by atoms with Crippen molar-refractivity contribution in [2.24, 2.45) is 16.3 Å². The molecule has 2 rings (SSSR count). The summed E-state index contributed by atoms with van der Waals surface area (Å²) in [4.78, 5) is 28.3. The van der Waals surface area contributed by atoms with Gasteiger partial charge < -0.3 is 5.32 Å². The topological polar surface area (TPSA) is 58.5 Å². The molecule has 2 amide bonds. The van der Waals surface area contributed by atoms with E-state index in [0.29, 0.717) is 12.1 Å². The fourth-order valence-electron chi connectivity index (χ4n) is 2.50. The molecule has 1 N–H and O–H groups in total. The second-order valence-corrected chi connectivity index (χ2v) is 6.53. The average Bonchev–Trinajstić information content (AvgIpc) is 2.47. The van der Waals surface area contributed by atoms with Crippen molar-refractivity contribution in [3.05, 3.63) is 35.1 Å². The largest absolute Gasteiger partial charge is 0.325 e. The number of nitrogens with zero attached hydrogens (tertiary/aromatic N) is 1. The third-order valence-corrected chi connectivity index (χ3v) is 4.74. The molecule has 0 bridgehead atoms. The van der Waals surface area contributed by atoms with Crippen molar-refractivity contribution in [1.29, 1.82) is 0 Å². The van der Waals surface area contributed by atoms with E-state index in [9.17, 15) is 9.59 Å². The molecule has 2 aliphatic rings. The number of alkyl halides is 1. The standard InChI is InChI=1S/C17H21ClN2O2/c1-5-12-10(2)13-7-6-11(8-14(13)20-15(12)21)19-16(22)17(3,4)9-18/h6-8,13H,5,9H2,1-4H3,(H,20,21). The second-order valence-electron chi connectivity index (χ2n) is 6.27. The highest BCUT2D eigenvalue weighted by atomic mass is 35.5. The number of hydrogen-bond donors (Lipinski definition) is 1. The molecule has 0 aromatic rings. The number of rotatable bonds is 3. The predicted molar refractivity (Wildman–Crippen MR) is 88.8 cm³/mol. The number of carbonyl (C=O) groups excluding carboxylic acids is 2. The van der Waals surface area contributed by atoms with E-state index in [4.69, 9.17) is 11.6 Å². The van der Waals surface area contributed by atoms with Crippen molar-refractivity contribution in [2.75, 3.05) is 5.88 Å². The molecule has 0 aromatic heterocycles. The number of halogens is 1. The number of carbonyl (C=O) groups is 2. The normalized spacial score (nSPS) is 23.3. The van der Waals surface area contributed by atoms with Gasteiger partial charge in [0.15, 0.2) is 0 Å². The van der Waals surface area contributed by atoms with Gasteiger partial charge >= 0.3 is 0 Å². The van der Waals surface area contributed by atoms with E-state index in [1.165, 1.54) is 0 Å². The Morgan fingerprint density at radius 2 is 2.14 bits per heavy atom. The summed E-state index contributed by atoms with van der Waals surface area (Å²) in [7, 11) is 0. The number of hydrogen-bond acceptors (Lipinski definition) is 2. The number of amides is 2. The third kappa shape index (κ3) is 3.07. The van der Waals surface area contributed by atoms with Gasteiger partial charge in [0, 0.05) is 23.1 Å². The van der Waals surface area contributed by atoms with Gasteiger partial charge in [-0.3, -0.25) is 9.59 Å². The van der Waals surface area contributed by atoms with Crippen molar-refractivity contribution in [2.45, 2.75) is 34.1 Å². The summed E-state index contributed by atoms with van der Waals surface area (Å²) < 4.78 is 0. The van der Waals surface area contributed by atoms with Crippen molar-refractivity contribution >= 4 is 29.1 Å². The van der Waals surface area contributed by atoms with Crippen LogP contribution in [0.5, 0.6) is 0 Å². The van der Waals surface area contributed by atoms with Crippen molar-refractivity contribution in [3.8, 4) is 0 Å². The van der Waals surface area contributed by atoms with Gasteiger partial charge in [0.2, 0.25) is 0 Å². The molecule has 0 spiro atoms. The number of nitrogens with one attached hydrogen (secondary N) is 1. The maximum atomic E-state index is 12.1. The van der Waals surface area contributed by atoms with Gasteiger partial charge in [-0.25, -0.2) is 4.99 Å². The van der Waals surface area contributed by atoms with Crippen molar-refractivity contribution in [1.82, 2.24) is 5.32 Å². The van der Waals surface area contributed by atoms with Crippen LogP contribution in [0.2, 0.25) is 0 Å². The van der Waals surface area contributed by atoms with Gasteiger partial charge in [-0.05, 0) is 39.3 Å². The second kappa shape index (κ2) is 6.21. The van der Waals surface area contributed by atoms with E-state index >= 15 is 0 Å². The third-order valence-electron chi connectivity index (χ3n) is 4.07. The molecular weight excluding hydrogens is 300 g/mol. The Morgan fingerprint density at radius 1 is 1.45 bits per heavy atom. The zero-order valence-corrected chi connectivity index (χ0v) is 14.1. The van der Waals surface area contributed by atoms with Crippen LogP contribution in [0.15, 0.2) is 40.1 Å². The summed E-state index contributed by atoms with van der Waals surface area (Å²) in [6.45, 7) is 7.47. The SMILES string of the molecule is CCC1=C(C)C2C=CC(=NC(=O)C(C)(C)CCl)C=C2NC1=O. The first-order valence-corrected chi connectivity index (χ1v) is 7.93. The average molecular weight is 321 g/mol. The van der Waals surface area contributed by atoms with Crippen molar-refractivity contribution in [3.63, 3.8) is 0 Å². The molecule has 1 aliphatic carbocycles. The highest BCUT2D eigenvalue weighted by molar-refractivity contribution is 6.20. The Bertz CT molecular complexity index is 639. The first-order chi connectivity index (χ1) is 10.3. The number of aliphatic imine (C=N–C) groups is 1. The molecule has 118 valence electrons. The van der Waals surface area contributed by atoms with Crippen LogP contribution in [0.4, 0.5) is 0 Å². The van der Waals surface area contributed by atoms with E-state index in [-0.39, 0.29) is 23.6 Å². The smallest absolute Gasteiger partial charge is 0.253 e. The van der Waals surface area contributed by atoms with Crippen LogP contribution in [0, 0.1) is 11.3 Å². The van der Waals surface area contributed by atoms with Gasteiger partial charge in [-0.2, -0.15) is 0 Å². The molecule has 0 radical (unpaired) electrons. The molecule has 0 aromatic carbocycles. The van der Waals surface area contributed by atoms with Crippen LogP contribution in [0.3, 0.4) is 0 Å². The van der Waals surface area contributed by atoms with Gasteiger partial charge in [-0.15, -0.1) is 11.6 Å². The van der Waals surface area contributed by atoms with Crippen molar-refractivity contribution < 1.29 is 9.59 Å². The van der Waals surface area contributed by atoms with Gasteiger partial charge in [-0.1, -0.05) is 18.6 Å². The Morgan fingerprint density at radius 3 is 2.73 bits per heavy atom. The predicted octanol–water partition coefficient (Wildman–Crippen LogP) is 3.15. The first kappa shape index (κ1) is 16.7. The minimum Gasteiger partial charge on any atom is -0.325 e. The number of allylic oxidation sites excluding steroid dienone is 3. The van der Waals surface area contributed by atoms with E-state index in [2.05, 4.69) is 10.3 Å². The molecule has 1 heterocycles. The lowest BCUT2D eigenvalue weighted by atomic mass is 9.84. The lowest BCUT2D eigenvalue weighted by molar-refractivity contribution is -0.124. The summed E-state index contributed by atoms with van der Waals surface area (Å²) in [5.41, 5.74) is 2.50. The van der Waals surface area contributed by atoms with E-state index in [0.717, 1.165) is 16.8 Å². The maximum Gasteiger partial charge on any atom is 0.253 e. The van der Waals surface area contributed by atoms with Crippen LogP contribution in [0.1, 0.15) is 34.1 Å². The lowest BCUT2D eigenvalue weighted by Crippen LogP contribution is -2.36. The highest BCUT2D eigenvalue weighted by Crippen LogP contribution is 2.31. The summed E-state index contributed by atoms with van der Waals surface area (Å²) in [6, 6.07) is 0. The van der Waals surface area contributed by atoms with Crippen LogP contribution < -0.4 is 5.32 Å². The highest BCUT2D eigenvalue weighted by Gasteiger charge is 2.30. The zero-order valence-electron chi connectivity index (χ0n) is 13.4. The quantitative estimate of drug-likeness (QED) is 0.812. The fraction of sp³-hybridized carbons (Fsp3) is 0.471. The summed E-state index contributed by atoms with van der Waals surface area (Å²) >= 11 is 5.80. The minimum absolute atomic E-state index is 0.0581. The molecule has 4 nitrogen and oxygen atoms in total. The monoisotopic (exact) mass is 320 g/mol. The van der Waals surface area contributed by atoms with Crippen LogP contribution >= 0.6 is 11.6 Å². The molecule has 5 heteroatoms. The Hall–Kier alpha value is -1.68. The molecule has 1 atom stereocenters. The van der Waals surface area contributed by atoms with Gasteiger partial charge in [0.1, 0.15) is 0 Å².